The summed E-state index contributed by atoms with van der Waals surface area (Å²) in [6.45, 7) is 0. The second-order valence-corrected chi connectivity index (χ2v) is 39.4. The van der Waals surface area contributed by atoms with Crippen molar-refractivity contribution in [3.8, 4) is 45.1 Å². The van der Waals surface area contributed by atoms with Crippen molar-refractivity contribution < 1.29 is 60.4 Å². The van der Waals surface area contributed by atoms with Gasteiger partial charge < -0.3 is 36.6 Å². The van der Waals surface area contributed by atoms with Crippen LogP contribution in [0.5, 0.6) is 11.5 Å². The molecule has 20 aromatic carbocycles. The van der Waals surface area contributed by atoms with Gasteiger partial charge >= 0.3 is 31.3 Å². The van der Waals surface area contributed by atoms with Crippen LogP contribution in [0.25, 0.3) is 205 Å². The number of thiophene rings is 2. The number of rotatable bonds is 13. The zero-order valence-corrected chi connectivity index (χ0v) is 76.3. The van der Waals surface area contributed by atoms with E-state index in [-0.39, 0.29) is 10.2 Å². The van der Waals surface area contributed by atoms with Crippen LogP contribution in [0.4, 0.5) is 54.8 Å². The Bertz CT molecular complexity index is 9710. The third-order valence-electron chi connectivity index (χ3n) is 25.3. The van der Waals surface area contributed by atoms with Crippen LogP contribution in [-0.2, 0) is 20.2 Å². The molecule has 664 valence electrons. The standard InChI is InChI=1S/C57H33F3N2O4S2.C39H21BrF3NO4S.C18H13NS/c58-57(59,60)68(63,64)66-37-30-48-49-33-45(44-32-47-40-21-11-13-25-50(40)62(35-17-5-2-6-18-35)54(47)42-23-9-7-19-38(42)44)39-20-8-10-24-43(39)55(49)65-56(48)51(31-37)61(34-15-3-1-4-16-34)36-27-28-53-46(29-36)41-22-12-14-26-52(41)67-53;40-34-19-23(48-49(45,46)39(41,42)43)18-32-33-21-30(25-13-5-7-16-28(25)37(33)47-38(32)34)29-20-31-26-14-8-9-17-35(26)44(22-10-2-1-3-11-22)36(31)27-15-6-4-12-24(27)29;1-2-6-13(7-3-1)19-14-10-11-18-16(12-14)15-8-4-5-9-17(15)20-18/h1-33H;1-21H;1-12,19H. The summed E-state index contributed by atoms with van der Waals surface area (Å²) >= 11 is 6.87. The lowest BCUT2D eigenvalue weighted by molar-refractivity contribution is -0.0504. The van der Waals surface area contributed by atoms with E-state index in [4.69, 9.17) is 13.0 Å². The minimum atomic E-state index is -6.09. The van der Waals surface area contributed by atoms with Gasteiger partial charge in [-0.25, -0.2) is 0 Å². The second kappa shape index (κ2) is 32.8. The van der Waals surface area contributed by atoms with Crippen LogP contribution < -0.4 is 18.6 Å². The van der Waals surface area contributed by atoms with Crippen LogP contribution in [0.1, 0.15) is 0 Å². The average Bonchev–Trinajstić information content (AvgIpc) is 1.57. The molecule has 0 spiro atoms. The van der Waals surface area contributed by atoms with Crippen molar-refractivity contribution in [2.45, 2.75) is 11.0 Å². The van der Waals surface area contributed by atoms with Crippen LogP contribution in [0.3, 0.4) is 0 Å². The summed E-state index contributed by atoms with van der Waals surface area (Å²) in [5.41, 5.74) is 4.21. The molecule has 0 radical (unpaired) electrons. The normalized spacial score (nSPS) is 12.3. The fraction of sp³-hybridized carbons (Fsp3) is 0.0175. The van der Waals surface area contributed by atoms with Crippen molar-refractivity contribution in [3.63, 3.8) is 0 Å². The molecule has 6 heterocycles. The van der Waals surface area contributed by atoms with E-state index in [2.05, 4.69) is 186 Å². The SMILES string of the molecule is O=S(=O)(Oc1cc(Br)c2oc3c4ccccc4c(-c4cc5c6ccccc6n(-c6ccccc6)c5c5ccccc45)cc3c2c1)C(F)(F)F.O=S(=O)(Oc1cc(N(c2ccccc2)c2ccc3sc4ccccc4c3c2)c2oc3c4ccccc4c(-c4cc5c6ccccc6n(-c6ccccc6)c5c5ccccc45)cc3c2c1)C(F)(F)F.c1ccc(Nc2ccc3sc4ccccc4c3c2)cc1. The first kappa shape index (κ1) is 84.3. The van der Waals surface area contributed by atoms with Crippen molar-refractivity contribution in [1.82, 2.24) is 9.13 Å². The third-order valence-corrected chi connectivity index (χ3v) is 30.1. The molecule has 0 bridgehead atoms. The van der Waals surface area contributed by atoms with Gasteiger partial charge in [-0.1, -0.05) is 243 Å². The fourth-order valence-electron chi connectivity index (χ4n) is 19.5. The molecule has 23 heteroatoms. The predicted molar refractivity (Wildman–Crippen MR) is 553 cm³/mol. The van der Waals surface area contributed by atoms with Gasteiger partial charge in [0.05, 0.1) is 32.2 Å². The molecule has 0 atom stereocenters. The quantitative estimate of drug-likeness (QED) is 0.0674. The highest BCUT2D eigenvalue weighted by Gasteiger charge is 2.50. The number of furan rings is 2. The Morgan fingerprint density at radius 2 is 0.635 bits per heavy atom. The minimum absolute atomic E-state index is 0.250. The maximum Gasteiger partial charge on any atom is 0.534 e. The van der Waals surface area contributed by atoms with Crippen molar-refractivity contribution in [3.05, 3.63) is 405 Å². The van der Waals surface area contributed by atoms with Crippen molar-refractivity contribution in [1.29, 1.82) is 0 Å². The summed E-state index contributed by atoms with van der Waals surface area (Å²) in [7, 11) is -12.0. The van der Waals surface area contributed by atoms with Crippen LogP contribution in [0.15, 0.2) is 414 Å². The van der Waals surface area contributed by atoms with E-state index < -0.39 is 42.8 Å². The average molecular weight is 1940 g/mol. The molecule has 0 aliphatic heterocycles. The molecule has 0 fully saturated rings. The fourth-order valence-corrected chi connectivity index (χ4v) is 23.1. The summed E-state index contributed by atoms with van der Waals surface area (Å²) in [5, 5.41) is 21.8. The summed E-state index contributed by atoms with van der Waals surface area (Å²) in [6.07, 6.45) is 0. The van der Waals surface area contributed by atoms with Gasteiger partial charge in [0.25, 0.3) is 0 Å². The number of para-hydroxylation sites is 6. The largest absolute Gasteiger partial charge is 0.534 e. The molecule has 26 aromatic rings. The summed E-state index contributed by atoms with van der Waals surface area (Å²) in [4.78, 5) is 1.87. The highest BCUT2D eigenvalue weighted by Crippen LogP contribution is 2.54. The molecule has 26 rings (SSSR count). The van der Waals surface area contributed by atoms with Crippen molar-refractivity contribution in [2.75, 3.05) is 10.2 Å². The molecule has 0 unspecified atom stereocenters. The van der Waals surface area contributed by atoms with Crippen molar-refractivity contribution >= 4 is 258 Å². The lowest BCUT2D eigenvalue weighted by atomic mass is 9.90. The van der Waals surface area contributed by atoms with Gasteiger partial charge in [-0.2, -0.15) is 43.2 Å². The van der Waals surface area contributed by atoms with Gasteiger partial charge in [0.2, 0.25) is 0 Å². The molecule has 0 aliphatic rings. The summed E-state index contributed by atoms with van der Waals surface area (Å²) < 4.78 is 164. The van der Waals surface area contributed by atoms with Gasteiger partial charge in [0.15, 0.2) is 5.58 Å². The Hall–Kier alpha value is -15.8. The molecular formula is C114H67BrF6N4O8S4. The Morgan fingerprint density at radius 1 is 0.285 bits per heavy atom. The van der Waals surface area contributed by atoms with Gasteiger partial charge in [0, 0.05) is 145 Å². The van der Waals surface area contributed by atoms with Crippen molar-refractivity contribution in [2.24, 2.45) is 0 Å². The molecular weight excluding hydrogens is 1880 g/mol. The molecule has 6 aromatic heterocycles. The van der Waals surface area contributed by atoms with Gasteiger partial charge in [0.1, 0.15) is 28.2 Å². The monoisotopic (exact) mass is 1940 g/mol. The smallest absolute Gasteiger partial charge is 0.454 e. The Labute approximate surface area is 792 Å². The lowest BCUT2D eigenvalue weighted by Gasteiger charge is -2.26. The van der Waals surface area contributed by atoms with Gasteiger partial charge in [-0.3, -0.25) is 0 Å². The first-order valence-corrected chi connectivity index (χ1v) is 48.9. The number of benzene rings is 20. The van der Waals surface area contributed by atoms with Crippen LogP contribution >= 0.6 is 38.6 Å². The number of hydrogen-bond donors (Lipinski definition) is 1. The zero-order valence-electron chi connectivity index (χ0n) is 71.5. The molecule has 0 aliphatic carbocycles. The van der Waals surface area contributed by atoms with Crippen LogP contribution in [0, 0.1) is 0 Å². The van der Waals surface area contributed by atoms with E-state index in [0.29, 0.717) is 55.3 Å². The first-order valence-electron chi connectivity index (χ1n) is 43.6. The van der Waals surface area contributed by atoms with Crippen LogP contribution in [0.2, 0.25) is 0 Å². The highest BCUT2D eigenvalue weighted by molar-refractivity contribution is 9.10. The number of fused-ring (bicyclic) bond motifs is 26. The Kier molecular flexibility index (Phi) is 20.2. The molecule has 12 nitrogen and oxygen atoms in total. The number of nitrogens with zero attached hydrogens (tertiary/aromatic N) is 3. The number of hydrogen-bond acceptors (Lipinski definition) is 12. The molecule has 0 amide bonds. The maximum atomic E-state index is 14.2. The van der Waals surface area contributed by atoms with Gasteiger partial charge in [-0.05, 0) is 211 Å². The first-order chi connectivity index (χ1) is 66.6. The third kappa shape index (κ3) is 14.4. The van der Waals surface area contributed by atoms with E-state index >= 15 is 0 Å². The number of anilines is 5. The molecule has 1 N–H and O–H groups in total. The summed E-state index contributed by atoms with van der Waals surface area (Å²) in [5.74, 6) is -1.01. The number of aromatic nitrogens is 2. The maximum absolute atomic E-state index is 14.2. The van der Waals surface area contributed by atoms with E-state index in [9.17, 15) is 43.2 Å². The molecule has 0 saturated carbocycles. The molecule has 0 saturated heterocycles. The van der Waals surface area contributed by atoms with E-state index in [1.165, 1.54) is 38.4 Å². The second-order valence-electron chi connectivity index (χ2n) is 33.3. The predicted octanol–water partition coefficient (Wildman–Crippen LogP) is 34.2. The number of halogens is 7. The van der Waals surface area contributed by atoms with E-state index in [0.717, 1.165) is 158 Å². The zero-order chi connectivity index (χ0) is 92.9. The summed E-state index contributed by atoms with van der Waals surface area (Å²) in [6, 6.07) is 132. The van der Waals surface area contributed by atoms with E-state index in [1.807, 2.05) is 241 Å². The Balaban J connectivity index is 0.000000128. The van der Waals surface area contributed by atoms with E-state index in [1.54, 1.807) is 11.3 Å². The topological polar surface area (TPSA) is 138 Å². The van der Waals surface area contributed by atoms with Gasteiger partial charge in [-0.15, -0.1) is 22.7 Å². The Morgan fingerprint density at radius 3 is 1.11 bits per heavy atom. The van der Waals surface area contributed by atoms with Crippen LogP contribution in [-0.4, -0.2) is 37.0 Å². The molecule has 137 heavy (non-hydrogen) atoms. The lowest BCUT2D eigenvalue weighted by Crippen LogP contribution is -2.28. The highest BCUT2D eigenvalue weighted by atomic mass is 79.9. The minimum Gasteiger partial charge on any atom is -0.454 e. The number of alkyl halides is 6. The number of nitrogens with one attached hydrogen (secondary N) is 1.